The fraction of sp³-hybridized carbons (Fsp3) is 0.304. The second-order valence-electron chi connectivity index (χ2n) is 7.53. The van der Waals surface area contributed by atoms with Crippen LogP contribution in [-0.2, 0) is 16.6 Å². The van der Waals surface area contributed by atoms with E-state index in [2.05, 4.69) is 37.0 Å². The predicted molar refractivity (Wildman–Crippen MR) is 110 cm³/mol. The maximum atomic E-state index is 13.1. The Kier molecular flexibility index (Phi) is 4.70. The number of ketones is 1. The van der Waals surface area contributed by atoms with E-state index < -0.39 is 0 Å². The van der Waals surface area contributed by atoms with Crippen LogP contribution in [-0.4, -0.2) is 10.8 Å². The highest BCUT2D eigenvalue weighted by Gasteiger charge is 2.50. The van der Waals surface area contributed by atoms with Crippen LogP contribution in [0, 0.1) is 13.8 Å². The van der Waals surface area contributed by atoms with Gasteiger partial charge < -0.3 is 5.73 Å². The Bertz CT molecular complexity index is 973. The Morgan fingerprint density at radius 2 is 1.89 bits per heavy atom. The first-order valence-electron chi connectivity index (χ1n) is 9.36. The average molecular weight is 377 g/mol. The zero-order valence-corrected chi connectivity index (χ0v) is 16.6. The molecule has 1 aromatic heterocycles. The highest BCUT2D eigenvalue weighted by molar-refractivity contribution is 7.11. The van der Waals surface area contributed by atoms with E-state index in [4.69, 9.17) is 5.73 Å². The predicted octanol–water partition coefficient (Wildman–Crippen LogP) is 4.65. The number of hydrogen-bond acceptors (Lipinski definition) is 4. The average Bonchev–Trinajstić information content (AvgIpc) is 3.37. The number of nitrogens with two attached hydrogens (primary N) is 1. The van der Waals surface area contributed by atoms with E-state index >= 15 is 0 Å². The van der Waals surface area contributed by atoms with Crippen molar-refractivity contribution in [3.8, 4) is 0 Å². The number of nitrogens with zero attached hydrogens (tertiary/aromatic N) is 1. The Labute approximate surface area is 164 Å². The van der Waals surface area contributed by atoms with Crippen LogP contribution in [0.4, 0.5) is 0 Å². The first kappa shape index (κ1) is 18.1. The molecule has 0 bridgehead atoms. The second kappa shape index (κ2) is 7.02. The number of aromatic nitrogens is 1. The van der Waals surface area contributed by atoms with Crippen molar-refractivity contribution in [2.75, 3.05) is 0 Å². The third kappa shape index (κ3) is 3.47. The highest BCUT2D eigenvalue weighted by atomic mass is 32.1. The maximum Gasteiger partial charge on any atom is 0.150 e. The lowest BCUT2D eigenvalue weighted by molar-refractivity contribution is -0.120. The van der Waals surface area contributed by atoms with Crippen LogP contribution in [0.5, 0.6) is 0 Å². The van der Waals surface area contributed by atoms with E-state index in [-0.39, 0.29) is 17.2 Å². The molecule has 4 heteroatoms. The van der Waals surface area contributed by atoms with Crippen LogP contribution >= 0.6 is 11.3 Å². The molecule has 1 aliphatic rings. The van der Waals surface area contributed by atoms with Crippen LogP contribution in [0.3, 0.4) is 0 Å². The molecule has 1 aliphatic carbocycles. The van der Waals surface area contributed by atoms with E-state index in [1.165, 1.54) is 11.1 Å². The van der Waals surface area contributed by atoms with Crippen molar-refractivity contribution in [2.24, 2.45) is 5.73 Å². The summed E-state index contributed by atoms with van der Waals surface area (Å²) in [7, 11) is 0. The van der Waals surface area contributed by atoms with Gasteiger partial charge in [0.05, 0.1) is 17.9 Å². The largest absolute Gasteiger partial charge is 0.320 e. The molecule has 1 fully saturated rings. The van der Waals surface area contributed by atoms with Gasteiger partial charge in [0.25, 0.3) is 0 Å². The summed E-state index contributed by atoms with van der Waals surface area (Å²) in [6.07, 6.45) is 4.09. The third-order valence-electron chi connectivity index (χ3n) is 5.69. The molecule has 2 N–H and O–H groups in total. The van der Waals surface area contributed by atoms with Gasteiger partial charge in [-0.15, -0.1) is 11.3 Å². The van der Waals surface area contributed by atoms with Crippen molar-refractivity contribution in [1.82, 2.24) is 4.98 Å². The third-order valence-corrected chi connectivity index (χ3v) is 6.77. The SMILES string of the molecule is Cc1ccc(C2(C(=O)Cc3ncc([C@@H](N)c4ccccc4)s3)CC2)cc1C. The topological polar surface area (TPSA) is 56.0 Å². The van der Waals surface area contributed by atoms with Gasteiger partial charge in [-0.3, -0.25) is 4.79 Å². The Morgan fingerprint density at radius 1 is 1.15 bits per heavy atom. The lowest BCUT2D eigenvalue weighted by Gasteiger charge is -2.15. The molecule has 0 amide bonds. The van der Waals surface area contributed by atoms with Gasteiger partial charge in [-0.2, -0.15) is 0 Å². The molecule has 0 aliphatic heterocycles. The Hall–Kier alpha value is -2.30. The Balaban J connectivity index is 1.50. The molecule has 0 radical (unpaired) electrons. The quantitative estimate of drug-likeness (QED) is 0.681. The molecule has 2 aromatic carbocycles. The number of carbonyl (C=O) groups excluding carboxylic acids is 1. The van der Waals surface area contributed by atoms with Crippen LogP contribution in [0.2, 0.25) is 0 Å². The van der Waals surface area contributed by atoms with Gasteiger partial charge in [0, 0.05) is 11.1 Å². The van der Waals surface area contributed by atoms with Gasteiger partial charge in [0.1, 0.15) is 10.8 Å². The fourth-order valence-electron chi connectivity index (χ4n) is 3.57. The summed E-state index contributed by atoms with van der Waals surface area (Å²) < 4.78 is 0. The van der Waals surface area contributed by atoms with Gasteiger partial charge in [-0.1, -0.05) is 48.5 Å². The van der Waals surface area contributed by atoms with Crippen molar-refractivity contribution in [3.63, 3.8) is 0 Å². The molecule has 3 nitrogen and oxygen atoms in total. The zero-order chi connectivity index (χ0) is 19.0. The number of carbonyl (C=O) groups is 1. The van der Waals surface area contributed by atoms with Crippen LogP contribution in [0.25, 0.3) is 0 Å². The normalized spacial score (nSPS) is 16.1. The molecule has 1 heterocycles. The number of hydrogen-bond donors (Lipinski definition) is 1. The fourth-order valence-corrected chi connectivity index (χ4v) is 4.52. The number of benzene rings is 2. The highest BCUT2D eigenvalue weighted by Crippen LogP contribution is 2.50. The second-order valence-corrected chi connectivity index (χ2v) is 8.67. The first-order chi connectivity index (χ1) is 13.0. The van der Waals surface area contributed by atoms with Crippen molar-refractivity contribution in [2.45, 2.75) is 44.6 Å². The summed E-state index contributed by atoms with van der Waals surface area (Å²) in [5.41, 5.74) is 10.8. The van der Waals surface area contributed by atoms with Crippen molar-refractivity contribution >= 4 is 17.1 Å². The molecular formula is C23H24N2OS. The van der Waals surface area contributed by atoms with E-state index in [1.54, 1.807) is 11.3 Å². The van der Waals surface area contributed by atoms with E-state index in [0.29, 0.717) is 6.42 Å². The lowest BCUT2D eigenvalue weighted by Crippen LogP contribution is -2.22. The molecule has 4 rings (SSSR count). The van der Waals surface area contributed by atoms with Crippen molar-refractivity contribution < 1.29 is 4.79 Å². The monoisotopic (exact) mass is 376 g/mol. The minimum Gasteiger partial charge on any atom is -0.320 e. The van der Waals surface area contributed by atoms with E-state index in [0.717, 1.165) is 33.9 Å². The van der Waals surface area contributed by atoms with Crippen LogP contribution in [0.1, 0.15) is 51.0 Å². The van der Waals surface area contributed by atoms with Crippen LogP contribution in [0.15, 0.2) is 54.7 Å². The standard InChI is InChI=1S/C23H24N2OS/c1-15-8-9-18(12-16(15)2)23(10-11-23)20(26)13-21-25-14-19(27-21)22(24)17-6-4-3-5-7-17/h3-9,12,14,22H,10-11,13,24H2,1-2H3/t22-/m0/s1. The smallest absolute Gasteiger partial charge is 0.150 e. The van der Waals surface area contributed by atoms with Gasteiger partial charge in [-0.05, 0) is 48.9 Å². The van der Waals surface area contributed by atoms with Gasteiger partial charge in [0.15, 0.2) is 0 Å². The minimum absolute atomic E-state index is 0.192. The number of thiazole rings is 1. The molecule has 0 unspecified atom stereocenters. The van der Waals surface area contributed by atoms with E-state index in [9.17, 15) is 4.79 Å². The summed E-state index contributed by atoms with van der Waals surface area (Å²) >= 11 is 1.55. The lowest BCUT2D eigenvalue weighted by atomic mass is 9.88. The first-order valence-corrected chi connectivity index (χ1v) is 10.2. The maximum absolute atomic E-state index is 13.1. The molecule has 0 spiro atoms. The zero-order valence-electron chi connectivity index (χ0n) is 15.7. The number of rotatable bonds is 6. The van der Waals surface area contributed by atoms with Crippen molar-refractivity contribution in [3.05, 3.63) is 86.9 Å². The van der Waals surface area contributed by atoms with Crippen LogP contribution < -0.4 is 5.73 Å². The summed E-state index contributed by atoms with van der Waals surface area (Å²) in [4.78, 5) is 18.6. The molecule has 27 heavy (non-hydrogen) atoms. The van der Waals surface area contributed by atoms with Gasteiger partial charge in [-0.25, -0.2) is 4.98 Å². The summed E-state index contributed by atoms with van der Waals surface area (Å²) in [6, 6.07) is 16.2. The summed E-state index contributed by atoms with van der Waals surface area (Å²) in [5, 5.41) is 0.858. The molecule has 0 saturated heterocycles. The van der Waals surface area contributed by atoms with Crippen molar-refractivity contribution in [1.29, 1.82) is 0 Å². The Morgan fingerprint density at radius 3 is 2.56 bits per heavy atom. The molecule has 138 valence electrons. The number of Topliss-reactive ketones (excluding diaryl/α,β-unsaturated/α-hetero) is 1. The van der Waals surface area contributed by atoms with E-state index in [1.807, 2.05) is 36.5 Å². The molecule has 1 atom stereocenters. The molecular weight excluding hydrogens is 352 g/mol. The van der Waals surface area contributed by atoms with Gasteiger partial charge >= 0.3 is 0 Å². The molecule has 3 aromatic rings. The molecule has 1 saturated carbocycles. The minimum atomic E-state index is -0.300. The van der Waals surface area contributed by atoms with Gasteiger partial charge in [0.2, 0.25) is 0 Å². The number of aryl methyl sites for hydroxylation is 2. The summed E-state index contributed by atoms with van der Waals surface area (Å²) in [6.45, 7) is 4.21. The summed E-state index contributed by atoms with van der Waals surface area (Å²) in [5.74, 6) is 0.278.